The maximum absolute atomic E-state index is 13.0. The Morgan fingerprint density at radius 1 is 0.878 bits per heavy atom. The van der Waals surface area contributed by atoms with E-state index in [1.165, 1.54) is 0 Å². The summed E-state index contributed by atoms with van der Waals surface area (Å²) >= 11 is 12.0. The number of alkyl halides is 3. The van der Waals surface area contributed by atoms with Crippen LogP contribution in [0.25, 0.3) is 0 Å². The van der Waals surface area contributed by atoms with Crippen LogP contribution in [0.5, 0.6) is 0 Å². The number of aliphatic carboxylic acids is 1. The van der Waals surface area contributed by atoms with E-state index in [1.54, 1.807) is 25.1 Å². The van der Waals surface area contributed by atoms with Gasteiger partial charge in [0.05, 0.1) is 17.8 Å². The summed E-state index contributed by atoms with van der Waals surface area (Å²) in [6.45, 7) is 7.47. The van der Waals surface area contributed by atoms with Crippen molar-refractivity contribution in [3.05, 3.63) is 69.2 Å². The molecule has 0 bridgehead atoms. The topological polar surface area (TPSA) is 110 Å². The van der Waals surface area contributed by atoms with Gasteiger partial charge in [0.25, 0.3) is 5.91 Å². The van der Waals surface area contributed by atoms with Crippen molar-refractivity contribution in [2.45, 2.75) is 63.5 Å². The molecule has 0 fully saturated rings. The van der Waals surface area contributed by atoms with Crippen LogP contribution < -0.4 is 5.32 Å². The largest absolute Gasteiger partial charge is 0.478 e. The van der Waals surface area contributed by atoms with Crippen molar-refractivity contribution < 1.29 is 46.3 Å². The van der Waals surface area contributed by atoms with Crippen LogP contribution in [0.15, 0.2) is 46.7 Å². The van der Waals surface area contributed by atoms with E-state index in [0.29, 0.717) is 28.2 Å². The zero-order valence-electron chi connectivity index (χ0n) is 22.0. The van der Waals surface area contributed by atoms with Gasteiger partial charge in [-0.3, -0.25) is 4.79 Å². The molecule has 2 N–H and O–H groups in total. The maximum atomic E-state index is 13.0. The predicted molar refractivity (Wildman–Crippen MR) is 140 cm³/mol. The van der Waals surface area contributed by atoms with Crippen molar-refractivity contribution in [2.75, 3.05) is 0 Å². The van der Waals surface area contributed by atoms with Gasteiger partial charge in [0.15, 0.2) is 0 Å². The number of oxime groups is 2. The summed E-state index contributed by atoms with van der Waals surface area (Å²) in [5, 5.41) is 19.7. The summed E-state index contributed by atoms with van der Waals surface area (Å²) in [5.74, 6) is -4.52. The molecule has 2 aromatic rings. The van der Waals surface area contributed by atoms with E-state index in [9.17, 15) is 31.5 Å². The summed E-state index contributed by atoms with van der Waals surface area (Å²) in [6, 6.07) is 7.15. The lowest BCUT2D eigenvalue weighted by atomic mass is 9.93. The van der Waals surface area contributed by atoms with Crippen LogP contribution in [-0.2, 0) is 19.3 Å². The Labute approximate surface area is 241 Å². The Morgan fingerprint density at radius 3 is 1.83 bits per heavy atom. The highest BCUT2D eigenvalue weighted by Gasteiger charge is 2.67. The van der Waals surface area contributed by atoms with Gasteiger partial charge in [0, 0.05) is 39.2 Å². The molecular weight excluding hydrogens is 600 g/mol. The van der Waals surface area contributed by atoms with E-state index >= 15 is 0 Å². The lowest BCUT2D eigenvalue weighted by molar-refractivity contribution is -0.267. The van der Waals surface area contributed by atoms with Gasteiger partial charge in [-0.25, -0.2) is 13.6 Å². The maximum Gasteiger partial charge on any atom is 0.442 e. The molecule has 0 radical (unpaired) electrons. The zero-order valence-corrected chi connectivity index (χ0v) is 23.5. The van der Waals surface area contributed by atoms with E-state index in [1.807, 2.05) is 20.8 Å². The van der Waals surface area contributed by atoms with Crippen molar-refractivity contribution in [1.29, 1.82) is 0 Å². The summed E-state index contributed by atoms with van der Waals surface area (Å²) < 4.78 is 64.3. The Balaban J connectivity index is 0.000000226. The normalized spacial score (nSPS) is 22.0. The first-order valence-electron chi connectivity index (χ1n) is 11.8. The number of hydrogen-bond acceptors (Lipinski definition) is 6. The summed E-state index contributed by atoms with van der Waals surface area (Å²) in [4.78, 5) is 32.6. The lowest BCUT2D eigenvalue weighted by Crippen LogP contribution is -2.52. The molecule has 2 atom stereocenters. The highest BCUT2D eigenvalue weighted by atomic mass is 35.5. The molecule has 2 aromatic carbocycles. The molecule has 41 heavy (non-hydrogen) atoms. The fourth-order valence-corrected chi connectivity index (χ4v) is 4.23. The molecule has 222 valence electrons. The Kier molecular flexibility index (Phi) is 8.95. The van der Waals surface area contributed by atoms with Crippen LogP contribution >= 0.6 is 23.2 Å². The number of carboxylic acids is 1. The molecule has 0 aliphatic carbocycles. The fraction of sp³-hybridized carbons (Fsp3) is 0.385. The first kappa shape index (κ1) is 32.1. The number of carboxylic acid groups (broad SMARTS) is 1. The number of amides is 1. The lowest BCUT2D eigenvalue weighted by Gasteiger charge is -2.27. The third-order valence-corrected chi connectivity index (χ3v) is 6.19. The van der Waals surface area contributed by atoms with Crippen LogP contribution in [0.3, 0.4) is 0 Å². The summed E-state index contributed by atoms with van der Waals surface area (Å²) in [6.07, 6.45) is -6.03. The number of carbonyl (C=O) groups excluding carboxylic acids is 1. The SMILES string of the molecule is CC(C)(C)NC(=O)C1(C)CC(c2cc(Cl)cc(Cl)c2)=NO1.O=C(O)C1(C(F)(F)F)CC(c2cc(F)cc(F)c2)=NO1. The van der Waals surface area contributed by atoms with Crippen LogP contribution in [0.4, 0.5) is 22.0 Å². The van der Waals surface area contributed by atoms with Gasteiger partial charge in [-0.15, -0.1) is 0 Å². The molecule has 0 spiro atoms. The molecule has 15 heteroatoms. The third-order valence-electron chi connectivity index (χ3n) is 5.75. The molecule has 4 rings (SSSR count). The van der Waals surface area contributed by atoms with E-state index in [-0.39, 0.29) is 17.0 Å². The number of nitrogens with zero attached hydrogens (tertiary/aromatic N) is 2. The molecule has 2 aliphatic heterocycles. The minimum absolute atomic E-state index is 0.193. The Hall–Kier alpha value is -3.45. The average molecular weight is 624 g/mol. The van der Waals surface area contributed by atoms with Crippen LogP contribution in [0.1, 0.15) is 51.7 Å². The smallest absolute Gasteiger partial charge is 0.442 e. The molecule has 1 amide bonds. The second kappa shape index (κ2) is 11.4. The molecule has 2 aliphatic rings. The number of hydrogen-bond donors (Lipinski definition) is 2. The monoisotopic (exact) mass is 623 g/mol. The van der Waals surface area contributed by atoms with Gasteiger partial charge in [-0.1, -0.05) is 33.5 Å². The van der Waals surface area contributed by atoms with Gasteiger partial charge in [-0.2, -0.15) is 13.2 Å². The Bertz CT molecular complexity index is 1390. The molecule has 0 saturated heterocycles. The van der Waals surface area contributed by atoms with E-state index in [2.05, 4.69) is 20.5 Å². The highest BCUT2D eigenvalue weighted by molar-refractivity contribution is 6.35. The molecule has 2 heterocycles. The Morgan fingerprint density at radius 2 is 1.37 bits per heavy atom. The molecular formula is C26H24Cl2F5N3O5. The van der Waals surface area contributed by atoms with Gasteiger partial charge >= 0.3 is 17.7 Å². The van der Waals surface area contributed by atoms with Crippen LogP contribution in [0, 0.1) is 11.6 Å². The predicted octanol–water partition coefficient (Wildman–Crippen LogP) is 6.27. The van der Waals surface area contributed by atoms with Crippen molar-refractivity contribution in [3.8, 4) is 0 Å². The molecule has 2 unspecified atom stereocenters. The second-order valence-corrected chi connectivity index (χ2v) is 11.4. The van der Waals surface area contributed by atoms with Crippen molar-refractivity contribution >= 4 is 46.5 Å². The first-order chi connectivity index (χ1) is 18.7. The summed E-state index contributed by atoms with van der Waals surface area (Å²) in [7, 11) is 0. The van der Waals surface area contributed by atoms with E-state index in [0.717, 1.165) is 17.7 Å². The minimum Gasteiger partial charge on any atom is -0.478 e. The fourth-order valence-electron chi connectivity index (χ4n) is 3.71. The summed E-state index contributed by atoms with van der Waals surface area (Å²) in [5.41, 5.74) is -4.27. The molecule has 8 nitrogen and oxygen atoms in total. The van der Waals surface area contributed by atoms with Crippen LogP contribution in [-0.4, -0.2) is 51.3 Å². The molecule has 0 saturated carbocycles. The van der Waals surface area contributed by atoms with Crippen molar-refractivity contribution in [2.24, 2.45) is 10.3 Å². The number of nitrogens with one attached hydrogen (secondary N) is 1. The number of rotatable bonds is 4. The van der Waals surface area contributed by atoms with Crippen molar-refractivity contribution in [1.82, 2.24) is 5.32 Å². The van der Waals surface area contributed by atoms with Gasteiger partial charge in [-0.05, 0) is 58.0 Å². The highest BCUT2D eigenvalue weighted by Crippen LogP contribution is 2.41. The van der Waals surface area contributed by atoms with Gasteiger partial charge < -0.3 is 20.1 Å². The average Bonchev–Trinajstić information content (AvgIpc) is 3.43. The first-order valence-corrected chi connectivity index (χ1v) is 12.6. The number of carbonyl (C=O) groups is 2. The quantitative estimate of drug-likeness (QED) is 0.390. The minimum atomic E-state index is -5.23. The van der Waals surface area contributed by atoms with Gasteiger partial charge in [0.2, 0.25) is 5.60 Å². The van der Waals surface area contributed by atoms with Crippen LogP contribution in [0.2, 0.25) is 10.0 Å². The number of benzene rings is 2. The third kappa shape index (κ3) is 7.45. The van der Waals surface area contributed by atoms with E-state index < -0.39 is 47.1 Å². The number of halogens is 7. The second-order valence-electron chi connectivity index (χ2n) is 10.5. The van der Waals surface area contributed by atoms with Crippen molar-refractivity contribution in [3.63, 3.8) is 0 Å². The zero-order chi connectivity index (χ0) is 31.0. The molecule has 0 aromatic heterocycles. The van der Waals surface area contributed by atoms with E-state index in [4.69, 9.17) is 33.1 Å². The van der Waals surface area contributed by atoms with Gasteiger partial charge in [0.1, 0.15) is 11.6 Å². The standard InChI is InChI=1S/C15H18Cl2N2O2.C11H6F5NO3/c1-14(2,3)18-13(20)15(4)8-12(19-21-15)9-5-10(16)7-11(17)6-9;12-6-1-5(2-7(13)3-6)8-4-10(9(18)19,20-17-8)11(14,15)16/h5-7H,8H2,1-4H3,(H,18,20);1-3H,4H2,(H,18,19).